The number of rotatable bonds is 4. The van der Waals surface area contributed by atoms with Gasteiger partial charge in [0, 0.05) is 0 Å². The molecule has 0 saturated carbocycles. The van der Waals surface area contributed by atoms with Gasteiger partial charge in [0.05, 0.1) is 0 Å². The molecule has 0 aromatic heterocycles. The number of halogens is 2. The Morgan fingerprint density at radius 1 is 0.588 bits per heavy atom. The van der Waals surface area contributed by atoms with Crippen molar-refractivity contribution >= 4 is 20.5 Å². The summed E-state index contributed by atoms with van der Waals surface area (Å²) in [6.45, 7) is 2.39. The van der Waals surface area contributed by atoms with Crippen LogP contribution in [0, 0.1) is 0 Å². The minimum Gasteiger partial charge on any atom is -1.00 e. The first-order chi connectivity index (χ1) is 15.8. The summed E-state index contributed by atoms with van der Waals surface area (Å²) in [4.78, 5) is 0. The Labute approximate surface area is 226 Å². The van der Waals surface area contributed by atoms with Crippen LogP contribution in [-0.4, -0.2) is 0 Å². The summed E-state index contributed by atoms with van der Waals surface area (Å²) in [5.74, 6) is 0.449. The molecule has 0 amide bonds. The van der Waals surface area contributed by atoms with Gasteiger partial charge in [-0.1, -0.05) is 0 Å². The molecule has 0 N–H and O–H groups in total. The van der Waals surface area contributed by atoms with E-state index in [2.05, 4.69) is 122 Å². The molecule has 34 heavy (non-hydrogen) atoms. The summed E-state index contributed by atoms with van der Waals surface area (Å²) in [7, 11) is 0. The molecular weight excluding hydrogens is 534 g/mol. The van der Waals surface area contributed by atoms with E-state index in [-0.39, 0.29) is 24.8 Å². The Morgan fingerprint density at radius 2 is 1.15 bits per heavy atom. The summed E-state index contributed by atoms with van der Waals surface area (Å²) in [5.41, 5.74) is 11.8. The first-order valence-corrected chi connectivity index (χ1v) is 14.0. The summed E-state index contributed by atoms with van der Waals surface area (Å²) in [6, 6.07) is 40.3. The van der Waals surface area contributed by atoms with Crippen molar-refractivity contribution in [3.05, 3.63) is 143 Å². The fraction of sp³-hybridized carbons (Fsp3) is 0.0968. The Hall–Kier alpha value is -2.18. The topological polar surface area (TPSA) is 0 Å². The van der Waals surface area contributed by atoms with Crippen LogP contribution in [0.25, 0.3) is 20.5 Å². The van der Waals surface area contributed by atoms with Crippen molar-refractivity contribution in [1.29, 1.82) is 0 Å². The van der Waals surface area contributed by atoms with E-state index in [1.54, 1.807) is 8.85 Å². The Morgan fingerprint density at radius 3 is 1.85 bits per heavy atom. The van der Waals surface area contributed by atoms with Crippen LogP contribution in [0.4, 0.5) is 0 Å². The number of benzene rings is 4. The van der Waals surface area contributed by atoms with E-state index in [1.165, 1.54) is 39.0 Å². The van der Waals surface area contributed by atoms with Crippen LogP contribution in [0.3, 0.4) is 0 Å². The van der Waals surface area contributed by atoms with E-state index >= 15 is 0 Å². The molecule has 6 rings (SSSR count). The van der Waals surface area contributed by atoms with Crippen LogP contribution in [0.2, 0.25) is 0 Å². The first-order valence-electron chi connectivity index (χ1n) is 11.3. The molecule has 0 fully saturated rings. The summed E-state index contributed by atoms with van der Waals surface area (Å²) in [6.07, 6.45) is 2.45. The van der Waals surface area contributed by atoms with E-state index in [1.807, 2.05) is 0 Å². The van der Waals surface area contributed by atoms with Crippen LogP contribution in [0.5, 0.6) is 0 Å². The average Bonchev–Trinajstić information content (AvgIpc) is 3.36. The largest absolute Gasteiger partial charge is 1.00 e. The van der Waals surface area contributed by atoms with Crippen molar-refractivity contribution < 1.29 is 48.0 Å². The molecule has 2 aliphatic rings. The molecule has 0 aliphatic heterocycles. The van der Waals surface area contributed by atoms with Crippen LogP contribution >= 0.6 is 0 Å². The van der Waals surface area contributed by atoms with Crippen molar-refractivity contribution in [2.45, 2.75) is 16.5 Å². The molecule has 4 aromatic rings. The van der Waals surface area contributed by atoms with E-state index in [4.69, 9.17) is 0 Å². The second kappa shape index (κ2) is 10.6. The van der Waals surface area contributed by atoms with Crippen molar-refractivity contribution in [2.75, 3.05) is 0 Å². The van der Waals surface area contributed by atoms with Crippen LogP contribution < -0.4 is 24.8 Å². The van der Waals surface area contributed by atoms with Gasteiger partial charge >= 0.3 is 203 Å². The zero-order valence-corrected chi connectivity index (χ0v) is 22.9. The van der Waals surface area contributed by atoms with E-state index in [0.717, 1.165) is 0 Å². The summed E-state index contributed by atoms with van der Waals surface area (Å²) in [5, 5.41) is 0. The molecule has 2 unspecified atom stereocenters. The fourth-order valence-corrected chi connectivity index (χ4v) is 10.2. The van der Waals surface area contributed by atoms with Crippen LogP contribution in [0.15, 0.2) is 109 Å². The second-order valence-electron chi connectivity index (χ2n) is 8.64. The van der Waals surface area contributed by atoms with Gasteiger partial charge in [-0.25, -0.2) is 0 Å². The number of fused-ring (bicyclic) bond motifs is 2. The van der Waals surface area contributed by atoms with Gasteiger partial charge in [0.1, 0.15) is 0 Å². The van der Waals surface area contributed by atoms with Gasteiger partial charge in [-0.2, -0.15) is 0 Å². The van der Waals surface area contributed by atoms with Crippen LogP contribution in [-0.2, 0) is 23.2 Å². The maximum Gasteiger partial charge on any atom is -1.00 e. The summed E-state index contributed by atoms with van der Waals surface area (Å²) < 4.78 is 2.20. The van der Waals surface area contributed by atoms with Gasteiger partial charge in [0.25, 0.3) is 0 Å². The van der Waals surface area contributed by atoms with Gasteiger partial charge in [-0.3, -0.25) is 0 Å². The van der Waals surface area contributed by atoms with E-state index < -0.39 is 23.2 Å². The standard InChI is InChI=1S/C16H13.C15H11.2ClH.Zr/c1-12-15-10-6-5-9-14(15)11-16(12)13-7-3-2-4-8-13;1-2-6-12(7-3-1)15-10-13-8-4-5-9-14(13)11-15;;;/h2-10,12H,1H3;1-11H;2*1H;/q;;;;+2/p-2. The third-order valence-corrected chi connectivity index (χ3v) is 11.1. The summed E-state index contributed by atoms with van der Waals surface area (Å²) >= 11 is -1.03. The molecule has 2 aliphatic carbocycles. The number of allylic oxidation sites excluding steroid dienone is 2. The molecule has 0 spiro atoms. The molecular formula is C31H24Cl2Zr. The Bertz CT molecular complexity index is 1360. The van der Waals surface area contributed by atoms with Crippen molar-refractivity contribution in [3.63, 3.8) is 0 Å². The predicted octanol–water partition coefficient (Wildman–Crippen LogP) is 2.06. The normalized spacial score (nSPS) is 17.6. The van der Waals surface area contributed by atoms with Gasteiger partial charge in [0.15, 0.2) is 0 Å². The maximum atomic E-state index is 2.45. The maximum absolute atomic E-state index is 2.45. The van der Waals surface area contributed by atoms with Gasteiger partial charge in [-0.05, 0) is 0 Å². The average molecular weight is 559 g/mol. The number of hydrogen-bond acceptors (Lipinski definition) is 0. The molecule has 4 aromatic carbocycles. The fourth-order valence-electron chi connectivity index (χ4n) is 5.29. The molecule has 0 radical (unpaired) electrons. The molecule has 0 bridgehead atoms. The Balaban J connectivity index is 0.00000137. The van der Waals surface area contributed by atoms with E-state index in [9.17, 15) is 0 Å². The van der Waals surface area contributed by atoms with Crippen molar-refractivity contribution in [2.24, 2.45) is 0 Å². The SMILES string of the molecule is CC1C(c2ccccc2)=[C]([Zr+2][CH]2C(c3ccccc3)=Cc3ccccc32)c2ccccc21.[Cl-].[Cl-]. The molecule has 3 heteroatoms. The van der Waals surface area contributed by atoms with Gasteiger partial charge in [-0.15, -0.1) is 0 Å². The molecule has 0 saturated heterocycles. The van der Waals surface area contributed by atoms with Crippen molar-refractivity contribution in [3.8, 4) is 0 Å². The monoisotopic (exact) mass is 556 g/mol. The first kappa shape index (κ1) is 24.9. The van der Waals surface area contributed by atoms with Gasteiger partial charge < -0.3 is 24.8 Å². The predicted molar refractivity (Wildman–Crippen MR) is 132 cm³/mol. The van der Waals surface area contributed by atoms with E-state index in [0.29, 0.717) is 9.54 Å². The Kier molecular flexibility index (Phi) is 7.78. The third-order valence-electron chi connectivity index (χ3n) is 6.81. The molecule has 2 atom stereocenters. The second-order valence-corrected chi connectivity index (χ2v) is 12.0. The minimum atomic E-state index is -1.03. The quantitative estimate of drug-likeness (QED) is 0.360. The zero-order chi connectivity index (χ0) is 21.5. The zero-order valence-electron chi connectivity index (χ0n) is 18.9. The minimum absolute atomic E-state index is 0. The molecule has 0 nitrogen and oxygen atoms in total. The third kappa shape index (κ3) is 4.31. The molecule has 0 heterocycles. The smallest absolute Gasteiger partial charge is 1.00 e. The van der Waals surface area contributed by atoms with Crippen LogP contribution in [0.1, 0.15) is 49.8 Å². The molecule has 166 valence electrons. The van der Waals surface area contributed by atoms with Gasteiger partial charge in [0.2, 0.25) is 0 Å². The number of hydrogen-bond donors (Lipinski definition) is 0. The van der Waals surface area contributed by atoms with Crippen molar-refractivity contribution in [1.82, 2.24) is 0 Å².